The minimum Gasteiger partial charge on any atom is -0.325 e. The summed E-state index contributed by atoms with van der Waals surface area (Å²) in [6.07, 6.45) is 11.2. The van der Waals surface area contributed by atoms with E-state index < -0.39 is 0 Å². The molecular formula is C15H33BrN+. The highest BCUT2D eigenvalue weighted by atomic mass is 79.9. The lowest BCUT2D eigenvalue weighted by molar-refractivity contribution is -0.907. The Labute approximate surface area is 118 Å². The minimum atomic E-state index is 1.14. The van der Waals surface area contributed by atoms with Crippen LogP contribution in [0.1, 0.15) is 65.2 Å². The smallest absolute Gasteiger partial charge is 0.0883 e. The van der Waals surface area contributed by atoms with E-state index in [0.717, 1.165) is 5.33 Å². The minimum absolute atomic E-state index is 1.14. The first-order valence-corrected chi connectivity index (χ1v) is 8.70. The molecule has 0 aliphatic heterocycles. The molecule has 0 heterocycles. The zero-order valence-electron chi connectivity index (χ0n) is 12.3. The van der Waals surface area contributed by atoms with Gasteiger partial charge in [0.05, 0.1) is 32.0 Å². The van der Waals surface area contributed by atoms with Gasteiger partial charge in [0.15, 0.2) is 0 Å². The van der Waals surface area contributed by atoms with E-state index in [9.17, 15) is 0 Å². The Morgan fingerprint density at radius 1 is 0.706 bits per heavy atom. The van der Waals surface area contributed by atoms with Crippen LogP contribution in [-0.4, -0.2) is 36.5 Å². The average Bonchev–Trinajstić information content (AvgIpc) is 2.31. The second-order valence-corrected chi connectivity index (χ2v) is 6.39. The van der Waals surface area contributed by atoms with Crippen LogP contribution in [0.4, 0.5) is 0 Å². The summed E-state index contributed by atoms with van der Waals surface area (Å²) in [4.78, 5) is 0. The number of alkyl halides is 1. The SMILES string of the molecule is CCCCCC[N+](C)(CCBr)CCCCCC. The first kappa shape index (κ1) is 17.4. The molecule has 0 amide bonds. The molecule has 0 rings (SSSR count). The number of rotatable bonds is 12. The Kier molecular flexibility index (Phi) is 11.8. The third-order valence-corrected chi connectivity index (χ3v) is 4.08. The van der Waals surface area contributed by atoms with Gasteiger partial charge in [-0.25, -0.2) is 0 Å². The predicted molar refractivity (Wildman–Crippen MR) is 82.9 cm³/mol. The van der Waals surface area contributed by atoms with Gasteiger partial charge >= 0.3 is 0 Å². The van der Waals surface area contributed by atoms with Gasteiger partial charge in [-0.3, -0.25) is 0 Å². The summed E-state index contributed by atoms with van der Waals surface area (Å²) in [7, 11) is 2.44. The van der Waals surface area contributed by atoms with E-state index in [-0.39, 0.29) is 0 Å². The van der Waals surface area contributed by atoms with E-state index in [1.54, 1.807) is 0 Å². The molecule has 0 spiro atoms. The highest BCUT2D eigenvalue weighted by Gasteiger charge is 2.19. The second kappa shape index (κ2) is 11.5. The molecule has 17 heavy (non-hydrogen) atoms. The summed E-state index contributed by atoms with van der Waals surface area (Å²) < 4.78 is 1.28. The Bertz CT molecular complexity index is 147. The Balaban J connectivity index is 3.80. The fourth-order valence-electron chi connectivity index (χ4n) is 2.38. The summed E-state index contributed by atoms with van der Waals surface area (Å²) in [6.45, 7) is 8.61. The number of hydrogen-bond acceptors (Lipinski definition) is 0. The first-order chi connectivity index (χ1) is 8.18. The van der Waals surface area contributed by atoms with Crippen LogP contribution < -0.4 is 0 Å². The van der Waals surface area contributed by atoms with Crippen molar-refractivity contribution in [3.63, 3.8) is 0 Å². The fourth-order valence-corrected chi connectivity index (χ4v) is 3.24. The molecule has 0 radical (unpaired) electrons. The summed E-state index contributed by atoms with van der Waals surface area (Å²) in [5, 5.41) is 1.14. The van der Waals surface area contributed by atoms with E-state index in [4.69, 9.17) is 0 Å². The highest BCUT2D eigenvalue weighted by molar-refractivity contribution is 9.09. The third kappa shape index (κ3) is 10.1. The highest BCUT2D eigenvalue weighted by Crippen LogP contribution is 2.12. The molecule has 0 atom stereocenters. The van der Waals surface area contributed by atoms with Gasteiger partial charge < -0.3 is 4.48 Å². The van der Waals surface area contributed by atoms with Crippen LogP contribution in [0.2, 0.25) is 0 Å². The molecule has 0 aromatic rings. The van der Waals surface area contributed by atoms with Gasteiger partial charge in [0, 0.05) is 0 Å². The van der Waals surface area contributed by atoms with E-state index >= 15 is 0 Å². The van der Waals surface area contributed by atoms with Crippen LogP contribution in [0.15, 0.2) is 0 Å². The monoisotopic (exact) mass is 306 g/mol. The Morgan fingerprint density at radius 2 is 1.18 bits per heavy atom. The second-order valence-electron chi connectivity index (χ2n) is 5.60. The molecule has 1 nitrogen and oxygen atoms in total. The van der Waals surface area contributed by atoms with Crippen molar-refractivity contribution < 1.29 is 4.48 Å². The van der Waals surface area contributed by atoms with Crippen molar-refractivity contribution >= 4 is 15.9 Å². The quantitative estimate of drug-likeness (QED) is 0.271. The standard InChI is InChI=1S/C15H33BrN/c1-4-6-8-10-13-17(3,15-12-16)14-11-9-7-5-2/h4-15H2,1-3H3/q+1. The summed E-state index contributed by atoms with van der Waals surface area (Å²) in [5.74, 6) is 0. The number of unbranched alkanes of at least 4 members (excludes halogenated alkanes) is 6. The number of hydrogen-bond donors (Lipinski definition) is 0. The summed E-state index contributed by atoms with van der Waals surface area (Å²) >= 11 is 3.61. The lowest BCUT2D eigenvalue weighted by atomic mass is 10.1. The van der Waals surface area contributed by atoms with Crippen molar-refractivity contribution in [2.45, 2.75) is 65.2 Å². The van der Waals surface area contributed by atoms with Crippen molar-refractivity contribution in [3.8, 4) is 0 Å². The molecule has 0 aromatic heterocycles. The van der Waals surface area contributed by atoms with Gasteiger partial charge in [-0.1, -0.05) is 55.5 Å². The molecular weight excluding hydrogens is 274 g/mol. The normalized spacial score (nSPS) is 12.0. The summed E-state index contributed by atoms with van der Waals surface area (Å²) in [5.41, 5.74) is 0. The molecule has 0 N–H and O–H groups in total. The number of nitrogens with zero attached hydrogens (tertiary/aromatic N) is 1. The van der Waals surface area contributed by atoms with Gasteiger partial charge in [-0.2, -0.15) is 0 Å². The molecule has 0 fully saturated rings. The zero-order valence-corrected chi connectivity index (χ0v) is 13.9. The molecule has 0 saturated carbocycles. The number of halogens is 1. The molecule has 0 saturated heterocycles. The number of quaternary nitrogens is 1. The van der Waals surface area contributed by atoms with Gasteiger partial charge in [-0.05, 0) is 25.7 Å². The van der Waals surface area contributed by atoms with Crippen LogP contribution in [0, 0.1) is 0 Å². The average molecular weight is 307 g/mol. The van der Waals surface area contributed by atoms with Gasteiger partial charge in [0.1, 0.15) is 0 Å². The predicted octanol–water partition coefficient (Wildman–Crippen LogP) is 4.99. The van der Waals surface area contributed by atoms with Gasteiger partial charge in [0.2, 0.25) is 0 Å². The van der Waals surface area contributed by atoms with Crippen molar-refractivity contribution in [1.82, 2.24) is 0 Å². The van der Waals surface area contributed by atoms with E-state index in [0.29, 0.717) is 0 Å². The van der Waals surface area contributed by atoms with E-state index in [2.05, 4.69) is 36.8 Å². The van der Waals surface area contributed by atoms with E-state index in [1.807, 2.05) is 0 Å². The molecule has 104 valence electrons. The molecule has 2 heteroatoms. The maximum Gasteiger partial charge on any atom is 0.0883 e. The first-order valence-electron chi connectivity index (χ1n) is 7.58. The van der Waals surface area contributed by atoms with Crippen molar-refractivity contribution in [2.75, 3.05) is 32.0 Å². The maximum absolute atomic E-state index is 3.61. The van der Waals surface area contributed by atoms with Crippen LogP contribution >= 0.6 is 15.9 Å². The van der Waals surface area contributed by atoms with Crippen LogP contribution in [-0.2, 0) is 0 Å². The third-order valence-electron chi connectivity index (χ3n) is 3.73. The maximum atomic E-state index is 3.61. The summed E-state index contributed by atoms with van der Waals surface area (Å²) in [6, 6.07) is 0. The molecule has 0 aromatic carbocycles. The topological polar surface area (TPSA) is 0 Å². The van der Waals surface area contributed by atoms with Gasteiger partial charge in [0.25, 0.3) is 0 Å². The van der Waals surface area contributed by atoms with E-state index in [1.165, 1.54) is 75.5 Å². The largest absolute Gasteiger partial charge is 0.325 e. The van der Waals surface area contributed by atoms with Gasteiger partial charge in [-0.15, -0.1) is 0 Å². The van der Waals surface area contributed by atoms with Crippen LogP contribution in [0.3, 0.4) is 0 Å². The lowest BCUT2D eigenvalue weighted by Crippen LogP contribution is -2.46. The van der Waals surface area contributed by atoms with Crippen molar-refractivity contribution in [3.05, 3.63) is 0 Å². The van der Waals surface area contributed by atoms with Crippen molar-refractivity contribution in [1.29, 1.82) is 0 Å². The van der Waals surface area contributed by atoms with Crippen LogP contribution in [0.25, 0.3) is 0 Å². The zero-order chi connectivity index (χ0) is 13.0. The molecule has 0 aliphatic rings. The lowest BCUT2D eigenvalue weighted by Gasteiger charge is -2.34. The van der Waals surface area contributed by atoms with Crippen molar-refractivity contribution in [2.24, 2.45) is 0 Å². The Morgan fingerprint density at radius 3 is 1.53 bits per heavy atom. The molecule has 0 bridgehead atoms. The molecule has 0 aliphatic carbocycles. The molecule has 0 unspecified atom stereocenters. The Hall–Kier alpha value is 0.440. The fraction of sp³-hybridized carbons (Fsp3) is 1.00. The van der Waals surface area contributed by atoms with Crippen LogP contribution in [0.5, 0.6) is 0 Å².